The van der Waals surface area contributed by atoms with Gasteiger partial charge in [-0.15, -0.1) is 0 Å². The first kappa shape index (κ1) is 16.2. The third-order valence-electron chi connectivity index (χ3n) is 4.16. The first-order valence-electron chi connectivity index (χ1n) is 7.78. The maximum atomic E-state index is 5.10. The Morgan fingerprint density at radius 3 is 3.00 bits per heavy atom. The summed E-state index contributed by atoms with van der Waals surface area (Å²) in [7, 11) is 5.80. The molecule has 0 aliphatic carbocycles. The molecule has 1 aliphatic heterocycles. The summed E-state index contributed by atoms with van der Waals surface area (Å²) in [6.45, 7) is 4.85. The van der Waals surface area contributed by atoms with Crippen LogP contribution in [0, 0.1) is 0 Å². The van der Waals surface area contributed by atoms with Gasteiger partial charge in [0.05, 0.1) is 6.61 Å². The number of hydrogen-bond acceptors (Lipinski definition) is 5. The van der Waals surface area contributed by atoms with E-state index in [2.05, 4.69) is 32.2 Å². The quantitative estimate of drug-likeness (QED) is 0.783. The van der Waals surface area contributed by atoms with Crippen molar-refractivity contribution in [2.24, 2.45) is 0 Å². The third kappa shape index (κ3) is 4.66. The SMILES string of the molecule is CNCC1CCCN1Cc1ccc(N(C)CCOC)nc1. The summed E-state index contributed by atoms with van der Waals surface area (Å²) >= 11 is 0. The number of anilines is 1. The smallest absolute Gasteiger partial charge is 0.128 e. The monoisotopic (exact) mass is 292 g/mol. The van der Waals surface area contributed by atoms with Gasteiger partial charge in [0.15, 0.2) is 0 Å². The molecule has 0 spiro atoms. The van der Waals surface area contributed by atoms with E-state index in [1.54, 1.807) is 7.11 Å². The number of hydrogen-bond donors (Lipinski definition) is 1. The van der Waals surface area contributed by atoms with Crippen LogP contribution < -0.4 is 10.2 Å². The summed E-state index contributed by atoms with van der Waals surface area (Å²) in [5, 5.41) is 3.29. The summed E-state index contributed by atoms with van der Waals surface area (Å²) in [5.41, 5.74) is 1.29. The Labute approximate surface area is 128 Å². The molecule has 1 N–H and O–H groups in total. The predicted molar refractivity (Wildman–Crippen MR) is 86.7 cm³/mol. The van der Waals surface area contributed by atoms with E-state index in [1.165, 1.54) is 24.9 Å². The molecule has 0 amide bonds. The number of likely N-dealkylation sites (tertiary alicyclic amines) is 1. The van der Waals surface area contributed by atoms with E-state index in [-0.39, 0.29) is 0 Å². The molecule has 1 fully saturated rings. The standard InChI is InChI=1S/C16H28N4O/c1-17-12-15-5-4-8-20(15)13-14-6-7-16(18-11-14)19(2)9-10-21-3/h6-7,11,15,17H,4-5,8-10,12-13H2,1-3H3. The fourth-order valence-electron chi connectivity index (χ4n) is 2.88. The van der Waals surface area contributed by atoms with E-state index in [1.807, 2.05) is 20.3 Å². The van der Waals surface area contributed by atoms with Crippen molar-refractivity contribution in [3.63, 3.8) is 0 Å². The molecule has 1 atom stereocenters. The molecule has 1 saturated heterocycles. The van der Waals surface area contributed by atoms with Crippen molar-refractivity contribution in [3.8, 4) is 0 Å². The summed E-state index contributed by atoms with van der Waals surface area (Å²) < 4.78 is 5.10. The van der Waals surface area contributed by atoms with Gasteiger partial charge in [-0.05, 0) is 38.1 Å². The molecule has 0 bridgehead atoms. The maximum Gasteiger partial charge on any atom is 0.128 e. The summed E-state index contributed by atoms with van der Waals surface area (Å²) in [6.07, 6.45) is 4.61. The Kier molecular flexibility index (Phi) is 6.42. The molecule has 5 heteroatoms. The number of rotatable bonds is 8. The topological polar surface area (TPSA) is 40.6 Å². The molecule has 2 heterocycles. The van der Waals surface area contributed by atoms with Crippen LogP contribution in [-0.2, 0) is 11.3 Å². The van der Waals surface area contributed by atoms with Crippen LogP contribution in [0.1, 0.15) is 18.4 Å². The summed E-state index contributed by atoms with van der Waals surface area (Å²) in [4.78, 5) is 9.25. The van der Waals surface area contributed by atoms with Crippen LogP contribution >= 0.6 is 0 Å². The molecule has 0 radical (unpaired) electrons. The van der Waals surface area contributed by atoms with Gasteiger partial charge in [0.1, 0.15) is 5.82 Å². The lowest BCUT2D eigenvalue weighted by Crippen LogP contribution is -2.36. The maximum absolute atomic E-state index is 5.10. The lowest BCUT2D eigenvalue weighted by atomic mass is 10.2. The van der Waals surface area contributed by atoms with Crippen LogP contribution in [0.5, 0.6) is 0 Å². The highest BCUT2D eigenvalue weighted by atomic mass is 16.5. The van der Waals surface area contributed by atoms with Crippen LogP contribution in [0.25, 0.3) is 0 Å². The van der Waals surface area contributed by atoms with Gasteiger partial charge in [0, 0.05) is 46.0 Å². The molecule has 1 aromatic heterocycles. The largest absolute Gasteiger partial charge is 0.383 e. The van der Waals surface area contributed by atoms with Crippen molar-refractivity contribution < 1.29 is 4.74 Å². The molecule has 1 unspecified atom stereocenters. The molecule has 0 aromatic carbocycles. The predicted octanol–water partition coefficient (Wildman–Crippen LogP) is 1.35. The molecule has 5 nitrogen and oxygen atoms in total. The fourth-order valence-corrected chi connectivity index (χ4v) is 2.88. The average Bonchev–Trinajstić information content (AvgIpc) is 2.93. The van der Waals surface area contributed by atoms with Gasteiger partial charge in [-0.3, -0.25) is 4.90 Å². The number of ether oxygens (including phenoxy) is 1. The van der Waals surface area contributed by atoms with Crippen molar-refractivity contribution in [3.05, 3.63) is 23.9 Å². The van der Waals surface area contributed by atoms with Gasteiger partial charge in [-0.1, -0.05) is 6.07 Å². The van der Waals surface area contributed by atoms with E-state index in [0.29, 0.717) is 6.04 Å². The van der Waals surface area contributed by atoms with Gasteiger partial charge in [0.25, 0.3) is 0 Å². The fraction of sp³-hybridized carbons (Fsp3) is 0.688. The second-order valence-corrected chi connectivity index (χ2v) is 5.76. The lowest BCUT2D eigenvalue weighted by Gasteiger charge is -2.24. The summed E-state index contributed by atoms with van der Waals surface area (Å²) in [5.74, 6) is 1.00. The Balaban J connectivity index is 1.90. The van der Waals surface area contributed by atoms with E-state index < -0.39 is 0 Å². The number of aromatic nitrogens is 1. The van der Waals surface area contributed by atoms with Crippen molar-refractivity contribution in [1.82, 2.24) is 15.2 Å². The second kappa shape index (κ2) is 8.32. The zero-order chi connectivity index (χ0) is 15.1. The highest BCUT2D eigenvalue weighted by Gasteiger charge is 2.23. The molecule has 1 aliphatic rings. The zero-order valence-corrected chi connectivity index (χ0v) is 13.5. The minimum absolute atomic E-state index is 0.666. The molecular formula is C16H28N4O. The van der Waals surface area contributed by atoms with Crippen molar-refractivity contribution >= 4 is 5.82 Å². The minimum atomic E-state index is 0.666. The zero-order valence-electron chi connectivity index (χ0n) is 13.5. The van der Waals surface area contributed by atoms with Crippen molar-refractivity contribution in [1.29, 1.82) is 0 Å². The van der Waals surface area contributed by atoms with Gasteiger partial charge in [-0.25, -0.2) is 4.98 Å². The van der Waals surface area contributed by atoms with Crippen LogP contribution in [0.4, 0.5) is 5.82 Å². The Morgan fingerprint density at radius 2 is 2.33 bits per heavy atom. The van der Waals surface area contributed by atoms with Gasteiger partial charge in [0.2, 0.25) is 0 Å². The third-order valence-corrected chi connectivity index (χ3v) is 4.16. The Bertz CT molecular complexity index is 409. The van der Waals surface area contributed by atoms with E-state index in [0.717, 1.165) is 32.1 Å². The van der Waals surface area contributed by atoms with Crippen LogP contribution in [0.15, 0.2) is 18.3 Å². The van der Waals surface area contributed by atoms with E-state index in [9.17, 15) is 0 Å². The first-order valence-corrected chi connectivity index (χ1v) is 7.78. The van der Waals surface area contributed by atoms with E-state index >= 15 is 0 Å². The number of methoxy groups -OCH3 is 1. The van der Waals surface area contributed by atoms with Gasteiger partial charge >= 0.3 is 0 Å². The van der Waals surface area contributed by atoms with Gasteiger partial charge < -0.3 is 15.0 Å². The number of likely N-dealkylation sites (N-methyl/N-ethyl adjacent to an activating group) is 2. The molecule has 2 rings (SSSR count). The minimum Gasteiger partial charge on any atom is -0.383 e. The van der Waals surface area contributed by atoms with Crippen LogP contribution in [0.2, 0.25) is 0 Å². The summed E-state index contributed by atoms with van der Waals surface area (Å²) in [6, 6.07) is 4.97. The van der Waals surface area contributed by atoms with Crippen LogP contribution in [0.3, 0.4) is 0 Å². The Morgan fingerprint density at radius 1 is 1.48 bits per heavy atom. The number of nitrogens with one attached hydrogen (secondary N) is 1. The highest BCUT2D eigenvalue weighted by Crippen LogP contribution is 2.20. The van der Waals surface area contributed by atoms with Crippen LogP contribution in [-0.4, -0.2) is 63.4 Å². The normalized spacial score (nSPS) is 19.1. The number of nitrogens with zero attached hydrogens (tertiary/aromatic N) is 3. The molecular weight excluding hydrogens is 264 g/mol. The molecule has 0 saturated carbocycles. The molecule has 1 aromatic rings. The molecule has 21 heavy (non-hydrogen) atoms. The van der Waals surface area contributed by atoms with Gasteiger partial charge in [-0.2, -0.15) is 0 Å². The number of pyridine rings is 1. The molecule has 118 valence electrons. The lowest BCUT2D eigenvalue weighted by molar-refractivity contribution is 0.206. The van der Waals surface area contributed by atoms with Crippen molar-refractivity contribution in [2.45, 2.75) is 25.4 Å². The van der Waals surface area contributed by atoms with E-state index in [4.69, 9.17) is 4.74 Å². The Hall–Kier alpha value is -1.17. The second-order valence-electron chi connectivity index (χ2n) is 5.76. The van der Waals surface area contributed by atoms with Crippen molar-refractivity contribution in [2.75, 3.05) is 52.3 Å². The average molecular weight is 292 g/mol. The first-order chi connectivity index (χ1) is 10.2. The highest BCUT2D eigenvalue weighted by molar-refractivity contribution is 5.38.